The maximum Gasteiger partial charge on any atom is 0.147 e. The molecule has 40 heavy (non-hydrogen) atoms. The summed E-state index contributed by atoms with van der Waals surface area (Å²) < 4.78 is 2.10. The summed E-state index contributed by atoms with van der Waals surface area (Å²) >= 11 is 12.3. The smallest absolute Gasteiger partial charge is 0.147 e. The van der Waals surface area contributed by atoms with Crippen LogP contribution in [0.1, 0.15) is 158 Å². The molecular weight excluding hydrogens is 565 g/mol. The summed E-state index contributed by atoms with van der Waals surface area (Å²) in [7, 11) is 3.54. The lowest BCUT2D eigenvalue weighted by Gasteiger charge is -2.34. The van der Waals surface area contributed by atoms with Gasteiger partial charge in [-0.15, -0.1) is 0 Å². The van der Waals surface area contributed by atoms with Crippen molar-refractivity contribution in [2.45, 2.75) is 158 Å². The highest BCUT2D eigenvalue weighted by atomic mass is 33.1. The first-order valence-electron chi connectivity index (χ1n) is 17.3. The molecule has 0 rings (SSSR count). The van der Waals surface area contributed by atoms with Gasteiger partial charge in [0, 0.05) is 26.2 Å². The molecule has 0 saturated heterocycles. The van der Waals surface area contributed by atoms with Gasteiger partial charge in [-0.1, -0.05) is 157 Å². The Hall–Kier alpha value is 0.480. The molecule has 0 radical (unpaired) electrons. The molecular formula is C34H68N2S4. The van der Waals surface area contributed by atoms with Gasteiger partial charge in [0.05, 0.1) is 0 Å². The van der Waals surface area contributed by atoms with Crippen LogP contribution in [0.3, 0.4) is 0 Å². The summed E-state index contributed by atoms with van der Waals surface area (Å²) in [6.45, 7) is 23.1. The van der Waals surface area contributed by atoms with E-state index in [-0.39, 0.29) is 0 Å². The predicted octanol–water partition coefficient (Wildman–Crippen LogP) is 12.4. The Morgan fingerprint density at radius 3 is 0.850 bits per heavy atom. The van der Waals surface area contributed by atoms with Gasteiger partial charge in [0.1, 0.15) is 8.64 Å². The Bertz CT molecular complexity index is 527. The first kappa shape index (κ1) is 40.5. The van der Waals surface area contributed by atoms with Gasteiger partial charge < -0.3 is 9.80 Å². The molecule has 0 spiro atoms. The summed E-state index contributed by atoms with van der Waals surface area (Å²) in [5.74, 6) is 2.90. The van der Waals surface area contributed by atoms with Crippen molar-refractivity contribution in [1.29, 1.82) is 0 Å². The Morgan fingerprint density at radius 2 is 0.675 bits per heavy atom. The van der Waals surface area contributed by atoms with Crippen LogP contribution in [0.4, 0.5) is 0 Å². The second kappa shape index (κ2) is 27.1. The zero-order valence-electron chi connectivity index (χ0n) is 28.0. The molecule has 0 aliphatic heterocycles. The number of hydrogen-bond acceptors (Lipinski definition) is 4. The van der Waals surface area contributed by atoms with Crippen molar-refractivity contribution < 1.29 is 0 Å². The van der Waals surface area contributed by atoms with Crippen molar-refractivity contribution in [3.05, 3.63) is 0 Å². The molecule has 6 heteroatoms. The first-order chi connectivity index (χ1) is 19.3. The number of rotatable bonds is 24. The van der Waals surface area contributed by atoms with Gasteiger partial charge in [0.15, 0.2) is 0 Å². The van der Waals surface area contributed by atoms with Gasteiger partial charge in [-0.3, -0.25) is 0 Å². The summed E-state index contributed by atoms with van der Waals surface area (Å²) in [6, 6.07) is 0. The molecule has 238 valence electrons. The zero-order valence-corrected chi connectivity index (χ0v) is 31.2. The molecule has 0 aromatic rings. The lowest BCUT2D eigenvalue weighted by molar-refractivity contribution is 0.269. The fourth-order valence-corrected chi connectivity index (χ4v) is 8.16. The van der Waals surface area contributed by atoms with E-state index in [1.165, 1.54) is 103 Å². The minimum atomic E-state index is 0.725. The molecule has 0 aromatic heterocycles. The van der Waals surface area contributed by atoms with Gasteiger partial charge in [-0.25, -0.2) is 0 Å². The van der Waals surface area contributed by atoms with Crippen LogP contribution < -0.4 is 0 Å². The standard InChI is InChI=1S/C34H68N2S4/c1-9-17-21-29(13-5)25-35(26-30(14-6)22-18-10-2)33(37)39-40-34(38)36(27-31(15-7)23-19-11-3)28-32(16-8)24-20-12-4/h29-32H,9-28H2,1-8H3/t29-,30+,31-,32+. The second-order valence-electron chi connectivity index (χ2n) is 12.2. The topological polar surface area (TPSA) is 6.48 Å². The second-order valence-corrected chi connectivity index (χ2v) is 15.6. The summed E-state index contributed by atoms with van der Waals surface area (Å²) in [6.07, 6.45) is 20.6. The Morgan fingerprint density at radius 1 is 0.450 bits per heavy atom. The third kappa shape index (κ3) is 18.9. The number of nitrogens with zero attached hydrogens (tertiary/aromatic N) is 2. The lowest BCUT2D eigenvalue weighted by Crippen LogP contribution is -2.38. The largest absolute Gasteiger partial charge is 0.356 e. The molecule has 0 aliphatic rings. The van der Waals surface area contributed by atoms with Crippen LogP contribution in [-0.4, -0.2) is 44.6 Å². The molecule has 0 aliphatic carbocycles. The minimum Gasteiger partial charge on any atom is -0.356 e. The van der Waals surface area contributed by atoms with Gasteiger partial charge >= 0.3 is 0 Å². The lowest BCUT2D eigenvalue weighted by atomic mass is 9.96. The third-order valence-electron chi connectivity index (χ3n) is 8.79. The van der Waals surface area contributed by atoms with Crippen LogP contribution in [0.25, 0.3) is 0 Å². The molecule has 0 aromatic carbocycles. The van der Waals surface area contributed by atoms with E-state index < -0.39 is 0 Å². The Kier molecular flexibility index (Phi) is 27.4. The van der Waals surface area contributed by atoms with Crippen LogP contribution in [0.2, 0.25) is 0 Å². The average Bonchev–Trinajstić information content (AvgIpc) is 2.97. The van der Waals surface area contributed by atoms with Crippen LogP contribution in [0.5, 0.6) is 0 Å². The molecule has 0 saturated carbocycles. The van der Waals surface area contributed by atoms with Gasteiger partial charge in [-0.2, -0.15) is 0 Å². The van der Waals surface area contributed by atoms with Crippen molar-refractivity contribution in [2.75, 3.05) is 26.2 Å². The molecule has 2 nitrogen and oxygen atoms in total. The van der Waals surface area contributed by atoms with Crippen LogP contribution in [0, 0.1) is 23.7 Å². The Labute approximate surface area is 271 Å². The van der Waals surface area contributed by atoms with E-state index in [9.17, 15) is 0 Å². The maximum atomic E-state index is 6.16. The quantitative estimate of drug-likeness (QED) is 0.0766. The summed E-state index contributed by atoms with van der Waals surface area (Å²) in [5, 5.41) is 0. The first-order valence-corrected chi connectivity index (χ1v) is 20.2. The number of unbranched alkanes of at least 4 members (excludes halogenated alkanes) is 4. The van der Waals surface area contributed by atoms with Gasteiger partial charge in [0.25, 0.3) is 0 Å². The van der Waals surface area contributed by atoms with Gasteiger partial charge in [0.2, 0.25) is 0 Å². The van der Waals surface area contributed by atoms with Crippen molar-refractivity contribution in [2.24, 2.45) is 23.7 Å². The SMILES string of the molecule is CCCC[C@@H](CC)CN(C[C@@H](CC)CCCC)C(=S)SSC(=S)N(C[C@H](CC)CCCC)C[C@@H](CC)CCCC. The summed E-state index contributed by atoms with van der Waals surface area (Å²) in [4.78, 5) is 5.14. The number of thiocarbonyl (C=S) groups is 2. The predicted molar refractivity (Wildman–Crippen MR) is 197 cm³/mol. The third-order valence-corrected chi connectivity index (χ3v) is 12.5. The van der Waals surface area contributed by atoms with E-state index >= 15 is 0 Å². The normalized spacial score (nSPS) is 14.5. The number of hydrogen-bond donors (Lipinski definition) is 0. The molecule has 0 heterocycles. The van der Waals surface area contributed by atoms with E-state index in [1.54, 1.807) is 21.6 Å². The van der Waals surface area contributed by atoms with Crippen molar-refractivity contribution in [3.8, 4) is 0 Å². The average molecular weight is 633 g/mol. The molecule has 0 unspecified atom stereocenters. The van der Waals surface area contributed by atoms with E-state index in [1.807, 2.05) is 0 Å². The Balaban J connectivity index is 5.59. The van der Waals surface area contributed by atoms with Crippen LogP contribution >= 0.6 is 46.0 Å². The maximum absolute atomic E-state index is 6.16. The highest BCUT2D eigenvalue weighted by Crippen LogP contribution is 2.32. The fraction of sp³-hybridized carbons (Fsp3) is 0.941. The van der Waals surface area contributed by atoms with E-state index in [2.05, 4.69) is 65.2 Å². The molecule has 0 bridgehead atoms. The summed E-state index contributed by atoms with van der Waals surface area (Å²) in [5.41, 5.74) is 0. The minimum absolute atomic E-state index is 0.725. The van der Waals surface area contributed by atoms with Crippen LogP contribution in [-0.2, 0) is 0 Å². The van der Waals surface area contributed by atoms with E-state index in [0.29, 0.717) is 0 Å². The van der Waals surface area contributed by atoms with E-state index in [0.717, 1.165) is 58.5 Å². The zero-order chi connectivity index (χ0) is 30.2. The van der Waals surface area contributed by atoms with E-state index in [4.69, 9.17) is 24.4 Å². The highest BCUT2D eigenvalue weighted by molar-refractivity contribution is 8.89. The van der Waals surface area contributed by atoms with Crippen molar-refractivity contribution >= 4 is 54.7 Å². The van der Waals surface area contributed by atoms with Gasteiger partial charge in [-0.05, 0) is 70.9 Å². The molecule has 0 amide bonds. The molecule has 4 atom stereocenters. The fourth-order valence-electron chi connectivity index (χ4n) is 5.54. The monoisotopic (exact) mass is 632 g/mol. The molecule has 0 fully saturated rings. The molecule has 0 N–H and O–H groups in total. The van der Waals surface area contributed by atoms with Crippen LogP contribution in [0.15, 0.2) is 0 Å². The van der Waals surface area contributed by atoms with Crippen molar-refractivity contribution in [3.63, 3.8) is 0 Å². The van der Waals surface area contributed by atoms with Crippen molar-refractivity contribution in [1.82, 2.24) is 9.80 Å². The highest BCUT2D eigenvalue weighted by Gasteiger charge is 2.23.